The van der Waals surface area contributed by atoms with Crippen LogP contribution in [0.25, 0.3) is 0 Å². The molecule has 0 amide bonds. The van der Waals surface area contributed by atoms with E-state index in [0.29, 0.717) is 9.70 Å². The lowest BCUT2D eigenvalue weighted by molar-refractivity contribution is -0.173. The lowest BCUT2D eigenvalue weighted by Gasteiger charge is -2.31. The molecule has 1 aliphatic heterocycles. The van der Waals surface area contributed by atoms with E-state index in [9.17, 15) is 22.8 Å². The van der Waals surface area contributed by atoms with Gasteiger partial charge in [0.25, 0.3) is 0 Å². The number of nitrogens with zero attached hydrogens (tertiary/aromatic N) is 2. The zero-order chi connectivity index (χ0) is 20.6. The molecule has 2 atom stereocenters. The summed E-state index contributed by atoms with van der Waals surface area (Å²) in [6.07, 6.45) is -4.74. The number of esters is 1. The summed E-state index contributed by atoms with van der Waals surface area (Å²) in [5, 5.41) is 6.98. The van der Waals surface area contributed by atoms with Gasteiger partial charge in [0.1, 0.15) is 5.82 Å². The zero-order valence-corrected chi connectivity index (χ0v) is 15.9. The molecular formula is C17H14Cl2F3N3O3. The Hall–Kier alpha value is -2.26. The number of hydrogen-bond donors (Lipinski definition) is 1. The quantitative estimate of drug-likeness (QED) is 0.563. The maximum Gasteiger partial charge on any atom is 0.410 e. The Balaban J connectivity index is 1.73. The number of benzene rings is 1. The van der Waals surface area contributed by atoms with Crippen molar-refractivity contribution in [3.05, 3.63) is 45.6 Å². The fourth-order valence-electron chi connectivity index (χ4n) is 2.86. The van der Waals surface area contributed by atoms with Crippen LogP contribution in [0.5, 0.6) is 0 Å². The number of rotatable bonds is 4. The molecule has 11 heteroatoms. The molecule has 3 rings (SSSR count). The molecule has 1 N–H and O–H groups in total. The smallest absolute Gasteiger partial charge is 0.410 e. The molecular weight excluding hydrogens is 422 g/mol. The molecule has 0 saturated carbocycles. The van der Waals surface area contributed by atoms with Crippen LogP contribution in [-0.4, -0.2) is 40.4 Å². The van der Waals surface area contributed by atoms with E-state index in [2.05, 4.69) is 10.4 Å². The van der Waals surface area contributed by atoms with Crippen LogP contribution in [0.4, 0.5) is 19.0 Å². The molecule has 6 nitrogen and oxygen atoms in total. The van der Waals surface area contributed by atoms with Crippen molar-refractivity contribution in [1.82, 2.24) is 9.78 Å². The Labute approximate surface area is 167 Å². The number of carbonyl (C=O) groups excluding carboxylic acids is 2. The van der Waals surface area contributed by atoms with Crippen molar-refractivity contribution in [2.45, 2.75) is 31.6 Å². The van der Waals surface area contributed by atoms with Crippen LogP contribution >= 0.6 is 23.2 Å². The second-order valence-electron chi connectivity index (χ2n) is 6.32. The number of fused-ring (bicyclic) bond motifs is 1. The SMILES string of the molecule is C[C@@H]1C[C@H](C(F)(F)F)n2nc(C(=O)OCC(=O)c3ccc(Cl)cc3Cl)cc2N1. The largest absolute Gasteiger partial charge is 0.453 e. The Bertz CT molecular complexity index is 930. The van der Waals surface area contributed by atoms with Gasteiger partial charge in [0, 0.05) is 22.7 Å². The van der Waals surface area contributed by atoms with Crippen LogP contribution in [-0.2, 0) is 4.74 Å². The molecule has 0 unspecified atom stereocenters. The molecule has 0 aliphatic carbocycles. The lowest BCUT2D eigenvalue weighted by Crippen LogP contribution is -2.37. The molecule has 1 aromatic carbocycles. The van der Waals surface area contributed by atoms with Crippen molar-refractivity contribution in [2.75, 3.05) is 11.9 Å². The first kappa shape index (κ1) is 20.5. The van der Waals surface area contributed by atoms with Crippen molar-refractivity contribution in [3.63, 3.8) is 0 Å². The summed E-state index contributed by atoms with van der Waals surface area (Å²) in [4.78, 5) is 24.3. The third-order valence-corrected chi connectivity index (χ3v) is 4.70. The summed E-state index contributed by atoms with van der Waals surface area (Å²) in [7, 11) is 0. The maximum atomic E-state index is 13.2. The van der Waals surface area contributed by atoms with Crippen LogP contribution in [0, 0.1) is 0 Å². The third-order valence-electron chi connectivity index (χ3n) is 4.15. The number of Topliss-reactive ketones (excluding diaryl/α,β-unsaturated/α-hetero) is 1. The van der Waals surface area contributed by atoms with Crippen molar-refractivity contribution in [1.29, 1.82) is 0 Å². The van der Waals surface area contributed by atoms with E-state index in [4.69, 9.17) is 27.9 Å². The maximum absolute atomic E-state index is 13.2. The van der Waals surface area contributed by atoms with Crippen molar-refractivity contribution >= 4 is 40.8 Å². The fraction of sp³-hybridized carbons (Fsp3) is 0.353. The molecule has 150 valence electrons. The summed E-state index contributed by atoms with van der Waals surface area (Å²) in [5.41, 5.74) is -0.225. The minimum Gasteiger partial charge on any atom is -0.453 e. The summed E-state index contributed by atoms with van der Waals surface area (Å²) < 4.78 is 45.3. The van der Waals surface area contributed by atoms with Crippen LogP contribution in [0.3, 0.4) is 0 Å². The summed E-state index contributed by atoms with van der Waals surface area (Å²) >= 11 is 11.7. The van der Waals surface area contributed by atoms with Crippen LogP contribution in [0.2, 0.25) is 10.0 Å². The summed E-state index contributed by atoms with van der Waals surface area (Å²) in [5.74, 6) is -1.55. The van der Waals surface area contributed by atoms with E-state index < -0.39 is 36.6 Å². The van der Waals surface area contributed by atoms with Gasteiger partial charge < -0.3 is 10.1 Å². The van der Waals surface area contributed by atoms with Gasteiger partial charge in [-0.15, -0.1) is 0 Å². The molecule has 28 heavy (non-hydrogen) atoms. The monoisotopic (exact) mass is 435 g/mol. The van der Waals surface area contributed by atoms with E-state index in [1.165, 1.54) is 18.2 Å². The van der Waals surface area contributed by atoms with Crippen LogP contribution in [0.15, 0.2) is 24.3 Å². The highest BCUT2D eigenvalue weighted by molar-refractivity contribution is 6.36. The molecule has 0 fully saturated rings. The van der Waals surface area contributed by atoms with Gasteiger partial charge in [0.05, 0.1) is 5.02 Å². The highest BCUT2D eigenvalue weighted by atomic mass is 35.5. The minimum atomic E-state index is -4.51. The number of ketones is 1. The number of carbonyl (C=O) groups is 2. The number of anilines is 1. The Morgan fingerprint density at radius 3 is 2.68 bits per heavy atom. The molecule has 0 bridgehead atoms. The second kappa shape index (κ2) is 7.63. The molecule has 0 saturated heterocycles. The molecule has 2 aromatic rings. The number of hydrogen-bond acceptors (Lipinski definition) is 5. The normalized spacial score (nSPS) is 18.9. The van der Waals surface area contributed by atoms with Crippen molar-refractivity contribution in [2.24, 2.45) is 0 Å². The van der Waals surface area contributed by atoms with Gasteiger partial charge >= 0.3 is 12.1 Å². The van der Waals surface area contributed by atoms with Gasteiger partial charge in [0.2, 0.25) is 5.78 Å². The predicted octanol–water partition coefficient (Wildman–Crippen LogP) is 4.54. The Morgan fingerprint density at radius 1 is 1.32 bits per heavy atom. The lowest BCUT2D eigenvalue weighted by atomic mass is 10.1. The topological polar surface area (TPSA) is 73.2 Å². The summed E-state index contributed by atoms with van der Waals surface area (Å²) in [6.45, 7) is 0.955. The van der Waals surface area contributed by atoms with Gasteiger partial charge in [-0.1, -0.05) is 23.2 Å². The van der Waals surface area contributed by atoms with Gasteiger partial charge in [-0.2, -0.15) is 18.3 Å². The Morgan fingerprint density at radius 2 is 2.04 bits per heavy atom. The van der Waals surface area contributed by atoms with Gasteiger partial charge in [-0.25, -0.2) is 9.48 Å². The second-order valence-corrected chi connectivity index (χ2v) is 7.16. The average molecular weight is 436 g/mol. The van der Waals surface area contributed by atoms with E-state index in [-0.39, 0.29) is 28.5 Å². The number of ether oxygens (including phenoxy) is 1. The highest BCUT2D eigenvalue weighted by Gasteiger charge is 2.45. The van der Waals surface area contributed by atoms with E-state index >= 15 is 0 Å². The standard InChI is InChI=1S/C17H14Cl2F3N3O3/c1-8-4-14(17(20,21)22)25-15(23-8)6-12(24-25)16(27)28-7-13(26)10-3-2-9(18)5-11(10)19/h2-3,5-6,8,14,23H,4,7H2,1H3/t8-,14-/m1/s1. The summed E-state index contributed by atoms with van der Waals surface area (Å²) in [6, 6.07) is 3.07. The average Bonchev–Trinajstić information content (AvgIpc) is 3.01. The molecule has 2 heterocycles. The van der Waals surface area contributed by atoms with E-state index in [1.807, 2.05) is 0 Å². The fourth-order valence-corrected chi connectivity index (χ4v) is 3.37. The highest BCUT2D eigenvalue weighted by Crippen LogP contribution is 2.39. The molecule has 0 radical (unpaired) electrons. The first-order valence-corrected chi connectivity index (χ1v) is 8.90. The number of alkyl halides is 3. The third kappa shape index (κ3) is 4.25. The van der Waals surface area contributed by atoms with Gasteiger partial charge in [0.15, 0.2) is 18.3 Å². The van der Waals surface area contributed by atoms with Crippen LogP contribution in [0.1, 0.15) is 40.2 Å². The number of halogens is 5. The number of nitrogens with one attached hydrogen (secondary N) is 1. The molecule has 0 spiro atoms. The number of aromatic nitrogens is 2. The predicted molar refractivity (Wildman–Crippen MR) is 96.1 cm³/mol. The Kier molecular flexibility index (Phi) is 5.58. The first-order chi connectivity index (χ1) is 13.1. The zero-order valence-electron chi connectivity index (χ0n) is 14.4. The van der Waals surface area contributed by atoms with E-state index in [0.717, 1.165) is 6.07 Å². The van der Waals surface area contributed by atoms with Gasteiger partial charge in [-0.3, -0.25) is 4.79 Å². The first-order valence-electron chi connectivity index (χ1n) is 8.14. The minimum absolute atomic E-state index is 0.0556. The van der Waals surface area contributed by atoms with E-state index in [1.54, 1.807) is 6.92 Å². The van der Waals surface area contributed by atoms with Crippen molar-refractivity contribution in [3.8, 4) is 0 Å². The van der Waals surface area contributed by atoms with Gasteiger partial charge in [-0.05, 0) is 31.5 Å². The van der Waals surface area contributed by atoms with Crippen molar-refractivity contribution < 1.29 is 27.5 Å². The molecule has 1 aliphatic rings. The molecule has 1 aromatic heterocycles. The van der Waals surface area contributed by atoms with Crippen LogP contribution < -0.4 is 5.32 Å².